The SMILES string of the molecule is C=CCn1c(CNCc2ccco2)nc2ccc(SCCC)cc21. The van der Waals surface area contributed by atoms with E-state index in [4.69, 9.17) is 9.40 Å². The van der Waals surface area contributed by atoms with Crippen LogP contribution in [-0.2, 0) is 19.6 Å². The summed E-state index contributed by atoms with van der Waals surface area (Å²) in [6, 6.07) is 10.4. The summed E-state index contributed by atoms with van der Waals surface area (Å²) < 4.78 is 7.58. The van der Waals surface area contributed by atoms with Gasteiger partial charge in [-0.3, -0.25) is 0 Å². The van der Waals surface area contributed by atoms with Crippen molar-refractivity contribution in [2.24, 2.45) is 0 Å². The van der Waals surface area contributed by atoms with Gasteiger partial charge in [0.2, 0.25) is 0 Å². The van der Waals surface area contributed by atoms with Crippen molar-refractivity contribution in [2.75, 3.05) is 5.75 Å². The maximum atomic E-state index is 5.35. The second kappa shape index (κ2) is 8.22. The highest BCUT2D eigenvalue weighted by Gasteiger charge is 2.10. The van der Waals surface area contributed by atoms with E-state index in [2.05, 4.69) is 41.6 Å². The van der Waals surface area contributed by atoms with Gasteiger partial charge in [-0.05, 0) is 42.5 Å². The summed E-state index contributed by atoms with van der Waals surface area (Å²) in [5.41, 5.74) is 2.21. The average molecular weight is 341 g/mol. The van der Waals surface area contributed by atoms with Gasteiger partial charge in [-0.2, -0.15) is 0 Å². The minimum Gasteiger partial charge on any atom is -0.468 e. The molecule has 24 heavy (non-hydrogen) atoms. The molecule has 5 heteroatoms. The third-order valence-corrected chi connectivity index (χ3v) is 4.95. The molecule has 126 valence electrons. The van der Waals surface area contributed by atoms with Crippen LogP contribution in [0.4, 0.5) is 0 Å². The summed E-state index contributed by atoms with van der Waals surface area (Å²) >= 11 is 1.89. The van der Waals surface area contributed by atoms with Gasteiger partial charge in [0.05, 0.1) is 30.4 Å². The first-order valence-corrected chi connectivity index (χ1v) is 9.26. The fourth-order valence-corrected chi connectivity index (χ4v) is 3.44. The molecule has 0 aliphatic carbocycles. The molecule has 0 spiro atoms. The molecule has 3 rings (SSSR count). The van der Waals surface area contributed by atoms with E-state index in [-0.39, 0.29) is 0 Å². The van der Waals surface area contributed by atoms with E-state index in [9.17, 15) is 0 Å². The lowest BCUT2D eigenvalue weighted by Gasteiger charge is -2.08. The van der Waals surface area contributed by atoms with Crippen LogP contribution < -0.4 is 5.32 Å². The maximum Gasteiger partial charge on any atom is 0.124 e. The Morgan fingerprint density at radius 1 is 1.33 bits per heavy atom. The van der Waals surface area contributed by atoms with Gasteiger partial charge in [0.15, 0.2) is 0 Å². The minimum atomic E-state index is 0.695. The van der Waals surface area contributed by atoms with Crippen molar-refractivity contribution in [3.8, 4) is 0 Å². The molecular formula is C19H23N3OS. The number of nitrogens with one attached hydrogen (secondary N) is 1. The lowest BCUT2D eigenvalue weighted by Crippen LogP contribution is -2.16. The highest BCUT2D eigenvalue weighted by Crippen LogP contribution is 2.25. The van der Waals surface area contributed by atoms with Crippen LogP contribution in [0.15, 0.2) is 58.6 Å². The third kappa shape index (κ3) is 3.91. The Morgan fingerprint density at radius 3 is 3.00 bits per heavy atom. The highest BCUT2D eigenvalue weighted by molar-refractivity contribution is 7.99. The van der Waals surface area contributed by atoms with Crippen LogP contribution in [-0.4, -0.2) is 15.3 Å². The number of allylic oxidation sites excluding steroid dienone is 1. The Kier molecular flexibility index (Phi) is 5.77. The van der Waals surface area contributed by atoms with Gasteiger partial charge in [0, 0.05) is 11.4 Å². The van der Waals surface area contributed by atoms with Crippen LogP contribution in [0, 0.1) is 0 Å². The summed E-state index contributed by atoms with van der Waals surface area (Å²) in [4.78, 5) is 6.08. The third-order valence-electron chi connectivity index (χ3n) is 3.75. The van der Waals surface area contributed by atoms with Gasteiger partial charge in [-0.15, -0.1) is 18.3 Å². The Hall–Kier alpha value is -1.98. The van der Waals surface area contributed by atoms with Crippen molar-refractivity contribution in [3.63, 3.8) is 0 Å². The molecule has 0 unspecified atom stereocenters. The average Bonchev–Trinajstić information content (AvgIpc) is 3.22. The van der Waals surface area contributed by atoms with Gasteiger partial charge in [0.1, 0.15) is 11.6 Å². The fourth-order valence-electron chi connectivity index (χ4n) is 2.64. The predicted molar refractivity (Wildman–Crippen MR) is 100 cm³/mol. The van der Waals surface area contributed by atoms with Crippen molar-refractivity contribution in [1.29, 1.82) is 0 Å². The van der Waals surface area contributed by atoms with E-state index >= 15 is 0 Å². The molecule has 2 aromatic heterocycles. The zero-order chi connectivity index (χ0) is 16.8. The molecule has 4 nitrogen and oxygen atoms in total. The summed E-state index contributed by atoms with van der Waals surface area (Å²) in [5, 5.41) is 3.40. The number of nitrogens with zero attached hydrogens (tertiary/aromatic N) is 2. The van der Waals surface area contributed by atoms with Crippen LogP contribution in [0.1, 0.15) is 24.9 Å². The smallest absolute Gasteiger partial charge is 0.124 e. The number of rotatable bonds is 9. The minimum absolute atomic E-state index is 0.695. The largest absolute Gasteiger partial charge is 0.468 e. The number of hydrogen-bond acceptors (Lipinski definition) is 4. The molecule has 0 aliphatic rings. The highest BCUT2D eigenvalue weighted by atomic mass is 32.2. The number of fused-ring (bicyclic) bond motifs is 1. The Labute approximate surface area is 147 Å². The van der Waals surface area contributed by atoms with Gasteiger partial charge in [-0.1, -0.05) is 13.0 Å². The molecule has 0 atom stereocenters. The standard InChI is InChI=1S/C19H23N3OS/c1-3-9-22-18-12-16(24-11-4-2)7-8-17(18)21-19(22)14-20-13-15-6-5-10-23-15/h3,5-8,10,12,20H,1,4,9,11,13-14H2,2H3. The van der Waals surface area contributed by atoms with Crippen molar-refractivity contribution >= 4 is 22.8 Å². The molecule has 2 heterocycles. The molecule has 0 bridgehead atoms. The summed E-state index contributed by atoms with van der Waals surface area (Å²) in [6.07, 6.45) is 4.79. The van der Waals surface area contributed by atoms with E-state index in [1.807, 2.05) is 30.0 Å². The van der Waals surface area contributed by atoms with Crippen molar-refractivity contribution in [2.45, 2.75) is 37.9 Å². The summed E-state index contributed by atoms with van der Waals surface area (Å²) in [6.45, 7) is 8.24. The lowest BCUT2D eigenvalue weighted by atomic mass is 10.3. The molecule has 0 fully saturated rings. The monoisotopic (exact) mass is 341 g/mol. The van der Waals surface area contributed by atoms with E-state index in [0.717, 1.165) is 29.4 Å². The number of aromatic nitrogens is 2. The van der Waals surface area contributed by atoms with Gasteiger partial charge in [-0.25, -0.2) is 4.98 Å². The molecule has 0 aliphatic heterocycles. The second-order valence-electron chi connectivity index (χ2n) is 5.61. The number of furan rings is 1. The molecule has 0 radical (unpaired) electrons. The zero-order valence-corrected chi connectivity index (χ0v) is 14.8. The van der Waals surface area contributed by atoms with Crippen LogP contribution in [0.3, 0.4) is 0 Å². The van der Waals surface area contributed by atoms with Crippen molar-refractivity contribution < 1.29 is 4.42 Å². The van der Waals surface area contributed by atoms with Gasteiger partial charge >= 0.3 is 0 Å². The van der Waals surface area contributed by atoms with E-state index in [0.29, 0.717) is 13.1 Å². The van der Waals surface area contributed by atoms with Crippen molar-refractivity contribution in [1.82, 2.24) is 14.9 Å². The number of thioether (sulfide) groups is 1. The molecule has 1 aromatic carbocycles. The van der Waals surface area contributed by atoms with Crippen molar-refractivity contribution in [3.05, 3.63) is 60.8 Å². The fraction of sp³-hybridized carbons (Fsp3) is 0.316. The normalized spacial score (nSPS) is 11.2. The topological polar surface area (TPSA) is 43.0 Å². The first-order valence-electron chi connectivity index (χ1n) is 8.27. The first-order chi connectivity index (χ1) is 11.8. The predicted octanol–water partition coefficient (Wildman–Crippen LogP) is 4.61. The van der Waals surface area contributed by atoms with Crippen LogP contribution in [0.2, 0.25) is 0 Å². The maximum absolute atomic E-state index is 5.35. The van der Waals surface area contributed by atoms with Gasteiger partial charge < -0.3 is 14.3 Å². The molecule has 1 N–H and O–H groups in total. The van der Waals surface area contributed by atoms with E-state index < -0.39 is 0 Å². The van der Waals surface area contributed by atoms with Gasteiger partial charge in [0.25, 0.3) is 0 Å². The quantitative estimate of drug-likeness (QED) is 0.456. The van der Waals surface area contributed by atoms with E-state index in [1.54, 1.807) is 6.26 Å². The molecule has 0 saturated heterocycles. The molecule has 0 saturated carbocycles. The Bertz CT molecular complexity index is 792. The zero-order valence-electron chi connectivity index (χ0n) is 14.0. The second-order valence-corrected chi connectivity index (χ2v) is 6.78. The number of hydrogen-bond donors (Lipinski definition) is 1. The number of benzene rings is 1. The number of imidazole rings is 1. The lowest BCUT2D eigenvalue weighted by molar-refractivity contribution is 0.478. The molecular weight excluding hydrogens is 318 g/mol. The Morgan fingerprint density at radius 2 is 2.25 bits per heavy atom. The molecule has 0 amide bonds. The summed E-state index contributed by atoms with van der Waals surface area (Å²) in [5.74, 6) is 3.09. The summed E-state index contributed by atoms with van der Waals surface area (Å²) in [7, 11) is 0. The van der Waals surface area contributed by atoms with Crippen LogP contribution in [0.25, 0.3) is 11.0 Å². The van der Waals surface area contributed by atoms with Crippen LogP contribution in [0.5, 0.6) is 0 Å². The Balaban J connectivity index is 1.80. The molecule has 3 aromatic rings. The van der Waals surface area contributed by atoms with E-state index in [1.165, 1.54) is 16.8 Å². The van der Waals surface area contributed by atoms with Crippen LogP contribution >= 0.6 is 11.8 Å². The first kappa shape index (κ1) is 16.9.